The first-order valence-electron chi connectivity index (χ1n) is 10.6. The molecule has 6 nitrogen and oxygen atoms in total. The molecule has 0 atom stereocenters. The maximum Gasteiger partial charge on any atom is 0.241 e. The van der Waals surface area contributed by atoms with Gasteiger partial charge in [0.05, 0.1) is 6.54 Å². The maximum atomic E-state index is 12.9. The molecule has 2 heterocycles. The molecule has 3 aromatic rings. The van der Waals surface area contributed by atoms with Crippen molar-refractivity contribution in [2.45, 2.75) is 32.9 Å². The van der Waals surface area contributed by atoms with E-state index in [0.29, 0.717) is 29.8 Å². The number of benzene rings is 2. The standard InChI is InChI=1S/C24H27ClN4O2/c1-17-4-3-5-20(14-17)23-26-22(31-27-23)16-29-12-10-19(11-13-29)24(30)28(2)15-18-6-8-21(25)9-7-18/h3-9,14,19H,10-13,15-16H2,1-2H3. The molecule has 1 saturated heterocycles. The van der Waals surface area contributed by atoms with Crippen LogP contribution in [-0.2, 0) is 17.9 Å². The molecule has 0 saturated carbocycles. The van der Waals surface area contributed by atoms with Gasteiger partial charge in [0.1, 0.15) is 0 Å². The third kappa shape index (κ3) is 5.51. The summed E-state index contributed by atoms with van der Waals surface area (Å²) in [7, 11) is 1.87. The topological polar surface area (TPSA) is 62.5 Å². The summed E-state index contributed by atoms with van der Waals surface area (Å²) in [6.45, 7) is 4.93. The fraction of sp³-hybridized carbons (Fsp3) is 0.375. The smallest absolute Gasteiger partial charge is 0.241 e. The van der Waals surface area contributed by atoms with Gasteiger partial charge in [-0.3, -0.25) is 9.69 Å². The summed E-state index contributed by atoms with van der Waals surface area (Å²) < 4.78 is 5.46. The number of nitrogens with zero attached hydrogens (tertiary/aromatic N) is 4. The van der Waals surface area contributed by atoms with E-state index in [4.69, 9.17) is 16.1 Å². The second kappa shape index (κ2) is 9.62. The van der Waals surface area contributed by atoms with E-state index in [9.17, 15) is 4.79 Å². The highest BCUT2D eigenvalue weighted by molar-refractivity contribution is 6.30. The molecule has 0 unspecified atom stereocenters. The molecule has 0 aliphatic carbocycles. The van der Waals surface area contributed by atoms with Gasteiger partial charge in [0, 0.05) is 30.1 Å². The average Bonchev–Trinajstić information content (AvgIpc) is 3.24. The maximum absolute atomic E-state index is 12.9. The van der Waals surface area contributed by atoms with E-state index in [2.05, 4.69) is 15.0 Å². The Morgan fingerprint density at radius 1 is 1.19 bits per heavy atom. The van der Waals surface area contributed by atoms with Gasteiger partial charge in [0.25, 0.3) is 0 Å². The van der Waals surface area contributed by atoms with Gasteiger partial charge >= 0.3 is 0 Å². The van der Waals surface area contributed by atoms with E-state index in [-0.39, 0.29) is 11.8 Å². The van der Waals surface area contributed by atoms with Crippen LogP contribution in [0.2, 0.25) is 5.02 Å². The molecular weight excluding hydrogens is 412 g/mol. The Kier molecular flexibility index (Phi) is 6.68. The lowest BCUT2D eigenvalue weighted by Crippen LogP contribution is -2.40. The molecule has 1 amide bonds. The predicted octanol–water partition coefficient (Wildman–Crippen LogP) is 4.57. The van der Waals surface area contributed by atoms with Gasteiger partial charge in [0.2, 0.25) is 17.6 Å². The quantitative estimate of drug-likeness (QED) is 0.564. The Hall–Kier alpha value is -2.70. The van der Waals surface area contributed by atoms with E-state index < -0.39 is 0 Å². The molecule has 0 N–H and O–H groups in total. The van der Waals surface area contributed by atoms with Crippen molar-refractivity contribution in [2.24, 2.45) is 5.92 Å². The van der Waals surface area contributed by atoms with Gasteiger partial charge in [-0.2, -0.15) is 4.98 Å². The molecule has 1 aliphatic heterocycles. The molecule has 31 heavy (non-hydrogen) atoms. The fourth-order valence-corrected chi connectivity index (χ4v) is 4.13. The zero-order valence-electron chi connectivity index (χ0n) is 17.9. The lowest BCUT2D eigenvalue weighted by Gasteiger charge is -2.32. The van der Waals surface area contributed by atoms with E-state index in [1.807, 2.05) is 67.4 Å². The highest BCUT2D eigenvalue weighted by Gasteiger charge is 2.28. The Balaban J connectivity index is 1.27. The number of hydrogen-bond donors (Lipinski definition) is 0. The van der Waals surface area contributed by atoms with Crippen LogP contribution in [0.1, 0.15) is 29.9 Å². The zero-order valence-corrected chi connectivity index (χ0v) is 18.7. The van der Waals surface area contributed by atoms with Crippen molar-refractivity contribution >= 4 is 17.5 Å². The molecular formula is C24H27ClN4O2. The average molecular weight is 439 g/mol. The summed E-state index contributed by atoms with van der Waals surface area (Å²) in [6, 6.07) is 15.7. The fourth-order valence-electron chi connectivity index (χ4n) is 4.00. The normalized spacial score (nSPS) is 15.2. The number of piperidine rings is 1. The number of rotatable bonds is 6. The first-order chi connectivity index (χ1) is 15.0. The van der Waals surface area contributed by atoms with Crippen molar-refractivity contribution in [2.75, 3.05) is 20.1 Å². The van der Waals surface area contributed by atoms with Crippen molar-refractivity contribution in [3.63, 3.8) is 0 Å². The summed E-state index contributed by atoms with van der Waals surface area (Å²) in [5.74, 6) is 1.49. The molecule has 7 heteroatoms. The molecule has 4 rings (SSSR count). The first kappa shape index (κ1) is 21.5. The van der Waals surface area contributed by atoms with E-state index in [1.165, 1.54) is 0 Å². The summed E-state index contributed by atoms with van der Waals surface area (Å²) in [6.07, 6.45) is 1.67. The monoisotopic (exact) mass is 438 g/mol. The number of likely N-dealkylation sites (tertiary alicyclic amines) is 1. The van der Waals surface area contributed by atoms with E-state index >= 15 is 0 Å². The summed E-state index contributed by atoms with van der Waals surface area (Å²) >= 11 is 5.94. The molecule has 1 fully saturated rings. The van der Waals surface area contributed by atoms with Crippen LogP contribution < -0.4 is 0 Å². The van der Waals surface area contributed by atoms with Gasteiger partial charge in [0.15, 0.2) is 0 Å². The van der Waals surface area contributed by atoms with Gasteiger partial charge in [-0.25, -0.2) is 0 Å². The number of halogens is 1. The number of hydrogen-bond acceptors (Lipinski definition) is 5. The van der Waals surface area contributed by atoms with Crippen LogP contribution in [0.15, 0.2) is 53.1 Å². The Bertz CT molecular complexity index is 1030. The number of carbonyl (C=O) groups excluding carboxylic acids is 1. The lowest BCUT2D eigenvalue weighted by atomic mass is 9.95. The largest absolute Gasteiger partial charge is 0.341 e. The van der Waals surface area contributed by atoms with Crippen LogP contribution in [0, 0.1) is 12.8 Å². The molecule has 1 aromatic heterocycles. The van der Waals surface area contributed by atoms with Crippen LogP contribution in [0.4, 0.5) is 0 Å². The van der Waals surface area contributed by atoms with Crippen molar-refractivity contribution in [1.82, 2.24) is 19.9 Å². The lowest BCUT2D eigenvalue weighted by molar-refractivity contribution is -0.136. The molecule has 1 aliphatic rings. The highest BCUT2D eigenvalue weighted by Crippen LogP contribution is 2.23. The SMILES string of the molecule is Cc1cccc(-c2noc(CN3CCC(C(=O)N(C)Cc4ccc(Cl)cc4)CC3)n2)c1. The minimum atomic E-state index is 0.0547. The van der Waals surface area contributed by atoms with Crippen molar-refractivity contribution < 1.29 is 9.32 Å². The Labute approximate surface area is 187 Å². The summed E-state index contributed by atoms with van der Waals surface area (Å²) in [5, 5.41) is 4.83. The number of aromatic nitrogens is 2. The van der Waals surface area contributed by atoms with Crippen LogP contribution in [0.25, 0.3) is 11.4 Å². The number of aryl methyl sites for hydroxylation is 1. The van der Waals surface area contributed by atoms with Gasteiger partial charge in [-0.15, -0.1) is 0 Å². The van der Waals surface area contributed by atoms with E-state index in [0.717, 1.165) is 42.6 Å². The van der Waals surface area contributed by atoms with Gasteiger partial charge < -0.3 is 9.42 Å². The molecule has 0 bridgehead atoms. The second-order valence-corrected chi connectivity index (χ2v) is 8.69. The predicted molar refractivity (Wildman–Crippen MR) is 120 cm³/mol. The van der Waals surface area contributed by atoms with Crippen molar-refractivity contribution in [3.8, 4) is 11.4 Å². The molecule has 0 radical (unpaired) electrons. The summed E-state index contributed by atoms with van der Waals surface area (Å²) in [4.78, 5) is 21.5. The highest BCUT2D eigenvalue weighted by atomic mass is 35.5. The minimum absolute atomic E-state index is 0.0547. The number of carbonyl (C=O) groups is 1. The third-order valence-corrected chi connectivity index (χ3v) is 6.00. The van der Waals surface area contributed by atoms with Crippen LogP contribution in [0.3, 0.4) is 0 Å². The number of amides is 1. The molecule has 2 aromatic carbocycles. The first-order valence-corrected chi connectivity index (χ1v) is 11.0. The van der Waals surface area contributed by atoms with Crippen molar-refractivity contribution in [1.29, 1.82) is 0 Å². The molecule has 162 valence electrons. The van der Waals surface area contributed by atoms with Crippen LogP contribution >= 0.6 is 11.6 Å². The van der Waals surface area contributed by atoms with Gasteiger partial charge in [-0.1, -0.05) is 52.7 Å². The van der Waals surface area contributed by atoms with Crippen molar-refractivity contribution in [3.05, 3.63) is 70.6 Å². The summed E-state index contributed by atoms with van der Waals surface area (Å²) in [5.41, 5.74) is 3.21. The Morgan fingerprint density at radius 3 is 2.65 bits per heavy atom. The Morgan fingerprint density at radius 2 is 1.94 bits per heavy atom. The second-order valence-electron chi connectivity index (χ2n) is 8.25. The van der Waals surface area contributed by atoms with Crippen LogP contribution in [-0.4, -0.2) is 46.0 Å². The van der Waals surface area contributed by atoms with E-state index in [1.54, 1.807) is 0 Å². The minimum Gasteiger partial charge on any atom is -0.341 e. The van der Waals surface area contributed by atoms with Crippen LogP contribution in [0.5, 0.6) is 0 Å². The third-order valence-electron chi connectivity index (χ3n) is 5.75. The van der Waals surface area contributed by atoms with Gasteiger partial charge in [-0.05, 0) is 56.6 Å². The zero-order chi connectivity index (χ0) is 21.8. The molecule has 0 spiro atoms.